The summed E-state index contributed by atoms with van der Waals surface area (Å²) in [7, 11) is 0. The zero-order valence-corrected chi connectivity index (χ0v) is 15.5. The Labute approximate surface area is 166 Å². The standard InChI is InChI=1S/C23H18FN3O2/c24-17-10-12-18(13-11-17)25-22(28)15-27-23(29)20-9-5-4-8-19(20)21(26-27)14-16-6-2-1-3-7-16/h1-13H,14-15H2,(H,25,28). The van der Waals surface area contributed by atoms with Crippen LogP contribution in [0.1, 0.15) is 11.3 Å². The van der Waals surface area contributed by atoms with Crippen LogP contribution in [0.5, 0.6) is 0 Å². The number of carbonyl (C=O) groups is 1. The molecule has 0 bridgehead atoms. The molecule has 0 unspecified atom stereocenters. The predicted molar refractivity (Wildman–Crippen MR) is 110 cm³/mol. The lowest BCUT2D eigenvalue weighted by molar-refractivity contribution is -0.117. The first-order chi connectivity index (χ1) is 14.1. The average Bonchev–Trinajstić information content (AvgIpc) is 2.74. The Balaban J connectivity index is 1.66. The zero-order chi connectivity index (χ0) is 20.2. The number of hydrogen-bond donors (Lipinski definition) is 1. The van der Waals surface area contributed by atoms with Gasteiger partial charge < -0.3 is 5.32 Å². The van der Waals surface area contributed by atoms with Gasteiger partial charge in [0.05, 0.1) is 11.1 Å². The fourth-order valence-corrected chi connectivity index (χ4v) is 3.20. The predicted octanol–water partition coefficient (Wildman–Crippen LogP) is 3.77. The van der Waals surface area contributed by atoms with Crippen molar-refractivity contribution < 1.29 is 9.18 Å². The lowest BCUT2D eigenvalue weighted by atomic mass is 10.0. The summed E-state index contributed by atoms with van der Waals surface area (Å²) in [6, 6.07) is 22.5. The van der Waals surface area contributed by atoms with Crippen molar-refractivity contribution in [1.29, 1.82) is 0 Å². The molecule has 5 nitrogen and oxygen atoms in total. The van der Waals surface area contributed by atoms with Crippen LogP contribution in [0.15, 0.2) is 83.7 Å². The normalized spacial score (nSPS) is 10.8. The molecular formula is C23H18FN3O2. The lowest BCUT2D eigenvalue weighted by Gasteiger charge is -2.11. The van der Waals surface area contributed by atoms with Gasteiger partial charge in [-0.3, -0.25) is 9.59 Å². The lowest BCUT2D eigenvalue weighted by Crippen LogP contribution is -2.30. The topological polar surface area (TPSA) is 64.0 Å². The number of nitrogens with zero attached hydrogens (tertiary/aromatic N) is 2. The van der Waals surface area contributed by atoms with Crippen molar-refractivity contribution in [2.45, 2.75) is 13.0 Å². The smallest absolute Gasteiger partial charge is 0.275 e. The van der Waals surface area contributed by atoms with Gasteiger partial charge in [0.25, 0.3) is 5.56 Å². The summed E-state index contributed by atoms with van der Waals surface area (Å²) in [5.41, 5.74) is 1.91. The second-order valence-corrected chi connectivity index (χ2v) is 6.67. The zero-order valence-electron chi connectivity index (χ0n) is 15.5. The molecule has 4 rings (SSSR count). The van der Waals surface area contributed by atoms with Gasteiger partial charge in [0.15, 0.2) is 0 Å². The largest absolute Gasteiger partial charge is 0.324 e. The molecule has 1 aromatic heterocycles. The fraction of sp³-hybridized carbons (Fsp3) is 0.0870. The van der Waals surface area contributed by atoms with E-state index in [9.17, 15) is 14.0 Å². The maximum atomic E-state index is 13.0. The number of halogens is 1. The van der Waals surface area contributed by atoms with Crippen LogP contribution in [0.4, 0.5) is 10.1 Å². The molecule has 3 aromatic carbocycles. The van der Waals surface area contributed by atoms with Crippen LogP contribution >= 0.6 is 0 Å². The van der Waals surface area contributed by atoms with Crippen molar-refractivity contribution in [1.82, 2.24) is 9.78 Å². The maximum absolute atomic E-state index is 13.0. The van der Waals surface area contributed by atoms with Crippen LogP contribution in [0, 0.1) is 5.82 Å². The van der Waals surface area contributed by atoms with Crippen LogP contribution < -0.4 is 10.9 Å². The highest BCUT2D eigenvalue weighted by atomic mass is 19.1. The molecule has 0 aliphatic heterocycles. The molecule has 1 heterocycles. The van der Waals surface area contributed by atoms with Crippen LogP contribution in [-0.4, -0.2) is 15.7 Å². The molecule has 0 atom stereocenters. The number of fused-ring (bicyclic) bond motifs is 1. The van der Waals surface area contributed by atoms with Crippen LogP contribution in [0.2, 0.25) is 0 Å². The third-order valence-electron chi connectivity index (χ3n) is 4.58. The summed E-state index contributed by atoms with van der Waals surface area (Å²) >= 11 is 0. The summed E-state index contributed by atoms with van der Waals surface area (Å²) in [4.78, 5) is 25.3. The Morgan fingerprint density at radius 3 is 2.28 bits per heavy atom. The van der Waals surface area contributed by atoms with E-state index in [2.05, 4.69) is 10.4 Å². The van der Waals surface area contributed by atoms with E-state index in [-0.39, 0.29) is 17.9 Å². The van der Waals surface area contributed by atoms with Crippen molar-refractivity contribution in [3.8, 4) is 0 Å². The second-order valence-electron chi connectivity index (χ2n) is 6.67. The fourth-order valence-electron chi connectivity index (χ4n) is 3.20. The van der Waals surface area contributed by atoms with E-state index in [4.69, 9.17) is 0 Å². The van der Waals surface area contributed by atoms with E-state index >= 15 is 0 Å². The minimum atomic E-state index is -0.410. The molecule has 6 heteroatoms. The number of carbonyl (C=O) groups excluding carboxylic acids is 1. The Kier molecular flexibility index (Phi) is 5.16. The van der Waals surface area contributed by atoms with E-state index in [0.29, 0.717) is 17.5 Å². The number of hydrogen-bond acceptors (Lipinski definition) is 3. The van der Waals surface area contributed by atoms with Gasteiger partial charge in [0, 0.05) is 17.5 Å². The third kappa shape index (κ3) is 4.21. The minimum absolute atomic E-state index is 0.233. The molecule has 0 radical (unpaired) electrons. The van der Waals surface area contributed by atoms with Gasteiger partial charge >= 0.3 is 0 Å². The summed E-state index contributed by atoms with van der Waals surface area (Å²) in [6.45, 7) is -0.233. The molecule has 0 spiro atoms. The number of nitrogens with one attached hydrogen (secondary N) is 1. The number of benzene rings is 3. The van der Waals surface area contributed by atoms with Crippen molar-refractivity contribution in [3.05, 3.63) is 106 Å². The molecule has 0 fully saturated rings. The first-order valence-corrected chi connectivity index (χ1v) is 9.18. The highest BCUT2D eigenvalue weighted by molar-refractivity contribution is 5.91. The Morgan fingerprint density at radius 2 is 1.55 bits per heavy atom. The summed E-state index contributed by atoms with van der Waals surface area (Å²) in [5.74, 6) is -0.798. The van der Waals surface area contributed by atoms with E-state index in [1.54, 1.807) is 12.1 Å². The van der Waals surface area contributed by atoms with E-state index < -0.39 is 5.91 Å². The summed E-state index contributed by atoms with van der Waals surface area (Å²) < 4.78 is 14.2. The van der Waals surface area contributed by atoms with Crippen LogP contribution in [0.25, 0.3) is 10.8 Å². The molecule has 0 saturated heterocycles. The van der Waals surface area contributed by atoms with Crippen LogP contribution in [0.3, 0.4) is 0 Å². The van der Waals surface area contributed by atoms with E-state index in [1.807, 2.05) is 42.5 Å². The number of anilines is 1. The molecule has 1 amide bonds. The van der Waals surface area contributed by atoms with Gasteiger partial charge in [0.2, 0.25) is 5.91 Å². The van der Waals surface area contributed by atoms with E-state index in [1.165, 1.54) is 28.9 Å². The molecule has 0 aliphatic rings. The highest BCUT2D eigenvalue weighted by Crippen LogP contribution is 2.17. The van der Waals surface area contributed by atoms with Gasteiger partial charge in [-0.15, -0.1) is 0 Å². The maximum Gasteiger partial charge on any atom is 0.275 e. The Bertz CT molecular complexity index is 1220. The molecule has 0 saturated carbocycles. The first-order valence-electron chi connectivity index (χ1n) is 9.18. The summed E-state index contributed by atoms with van der Waals surface area (Å²) in [5, 5.41) is 8.42. The number of rotatable bonds is 5. The van der Waals surface area contributed by atoms with Crippen molar-refractivity contribution in [2.75, 3.05) is 5.32 Å². The Morgan fingerprint density at radius 1 is 0.897 bits per heavy atom. The molecule has 1 N–H and O–H groups in total. The molecule has 0 aliphatic carbocycles. The summed E-state index contributed by atoms with van der Waals surface area (Å²) in [6.07, 6.45) is 0.543. The molecule has 4 aromatic rings. The quantitative estimate of drug-likeness (QED) is 0.567. The SMILES string of the molecule is O=C(Cn1nc(Cc2ccccc2)c2ccccc2c1=O)Nc1ccc(F)cc1. The molecular weight excluding hydrogens is 369 g/mol. The minimum Gasteiger partial charge on any atom is -0.324 e. The van der Waals surface area contributed by atoms with Crippen molar-refractivity contribution in [2.24, 2.45) is 0 Å². The van der Waals surface area contributed by atoms with Gasteiger partial charge in [-0.25, -0.2) is 9.07 Å². The monoisotopic (exact) mass is 387 g/mol. The number of amides is 1. The highest BCUT2D eigenvalue weighted by Gasteiger charge is 2.13. The van der Waals surface area contributed by atoms with E-state index in [0.717, 1.165) is 16.6 Å². The van der Waals surface area contributed by atoms with Gasteiger partial charge in [-0.05, 0) is 35.9 Å². The average molecular weight is 387 g/mol. The first kappa shape index (κ1) is 18.6. The second kappa shape index (κ2) is 8.06. The van der Waals surface area contributed by atoms with Crippen LogP contribution in [-0.2, 0) is 17.8 Å². The van der Waals surface area contributed by atoms with Gasteiger partial charge in [-0.2, -0.15) is 5.10 Å². The Hall–Kier alpha value is -3.80. The third-order valence-corrected chi connectivity index (χ3v) is 4.58. The van der Waals surface area contributed by atoms with Gasteiger partial charge in [-0.1, -0.05) is 48.5 Å². The van der Waals surface area contributed by atoms with Gasteiger partial charge in [0.1, 0.15) is 12.4 Å². The number of aromatic nitrogens is 2. The van der Waals surface area contributed by atoms with Crippen molar-refractivity contribution in [3.63, 3.8) is 0 Å². The van der Waals surface area contributed by atoms with Crippen molar-refractivity contribution >= 4 is 22.4 Å². The molecule has 29 heavy (non-hydrogen) atoms. The molecule has 144 valence electrons.